The molecule has 2 aliphatic heterocycles. The van der Waals surface area contributed by atoms with E-state index < -0.39 is 0 Å². The zero-order valence-electron chi connectivity index (χ0n) is 13.4. The topological polar surface area (TPSA) is 50.8 Å². The number of hydrogen-bond donors (Lipinski definition) is 1. The molecule has 2 aliphatic rings. The van der Waals surface area contributed by atoms with E-state index in [4.69, 9.17) is 9.47 Å². The molecule has 0 spiro atoms. The number of carbonyl (C=O) groups excluding carboxylic acids is 1. The molecular formula is C17H23FN2O3. The molecule has 0 radical (unpaired) electrons. The van der Waals surface area contributed by atoms with Crippen LogP contribution in [0, 0.1) is 5.82 Å². The fourth-order valence-corrected chi connectivity index (χ4v) is 3.35. The van der Waals surface area contributed by atoms with Gasteiger partial charge in [0, 0.05) is 30.3 Å². The predicted octanol–water partition coefficient (Wildman–Crippen LogP) is 3.17. The van der Waals surface area contributed by atoms with Crippen LogP contribution in [0.15, 0.2) is 12.1 Å². The predicted molar refractivity (Wildman–Crippen MR) is 83.6 cm³/mol. The van der Waals surface area contributed by atoms with Gasteiger partial charge >= 0.3 is 6.03 Å². The SMILES string of the molecule is CC[C@H]1CCCCN1C(=O)NCc1cc(F)cc2c1OCOC2. The molecule has 0 aromatic heterocycles. The molecule has 1 saturated heterocycles. The molecule has 0 aliphatic carbocycles. The first-order valence-corrected chi connectivity index (χ1v) is 8.25. The van der Waals surface area contributed by atoms with Gasteiger partial charge in [0.2, 0.25) is 0 Å². The minimum absolute atomic E-state index is 0.0818. The maximum atomic E-state index is 13.7. The number of hydrogen-bond acceptors (Lipinski definition) is 3. The lowest BCUT2D eigenvalue weighted by atomic mass is 10.0. The molecule has 6 heteroatoms. The van der Waals surface area contributed by atoms with Crippen LogP contribution in [0.4, 0.5) is 9.18 Å². The van der Waals surface area contributed by atoms with Crippen molar-refractivity contribution in [1.29, 1.82) is 0 Å². The highest BCUT2D eigenvalue weighted by Crippen LogP contribution is 2.29. The molecule has 23 heavy (non-hydrogen) atoms. The second-order valence-corrected chi connectivity index (χ2v) is 6.07. The molecule has 0 bridgehead atoms. The van der Waals surface area contributed by atoms with Crippen molar-refractivity contribution in [3.8, 4) is 5.75 Å². The molecule has 2 amide bonds. The zero-order valence-corrected chi connectivity index (χ0v) is 13.4. The van der Waals surface area contributed by atoms with Crippen LogP contribution < -0.4 is 10.1 Å². The lowest BCUT2D eigenvalue weighted by Gasteiger charge is -2.35. The third-order valence-electron chi connectivity index (χ3n) is 4.54. The third-order valence-corrected chi connectivity index (χ3v) is 4.54. The van der Waals surface area contributed by atoms with E-state index in [1.807, 2.05) is 4.90 Å². The first-order valence-electron chi connectivity index (χ1n) is 8.25. The number of rotatable bonds is 3. The van der Waals surface area contributed by atoms with Crippen LogP contribution in [0.1, 0.15) is 43.7 Å². The summed E-state index contributed by atoms with van der Waals surface area (Å²) in [7, 11) is 0. The van der Waals surface area contributed by atoms with Crippen molar-refractivity contribution in [3.05, 3.63) is 29.1 Å². The van der Waals surface area contributed by atoms with Crippen molar-refractivity contribution in [2.75, 3.05) is 13.3 Å². The van der Waals surface area contributed by atoms with E-state index in [1.54, 1.807) is 0 Å². The summed E-state index contributed by atoms with van der Waals surface area (Å²) in [5.74, 6) is 0.287. The number of nitrogens with one attached hydrogen (secondary N) is 1. The standard InChI is InChI=1S/C17H23FN2O3/c1-2-15-5-3-4-6-20(15)17(21)19-9-12-7-14(18)8-13-10-22-11-23-16(12)13/h7-8,15H,2-6,9-11H2,1H3,(H,19,21)/t15-/m0/s1. The van der Waals surface area contributed by atoms with Gasteiger partial charge in [-0.1, -0.05) is 6.92 Å². The number of benzene rings is 1. The van der Waals surface area contributed by atoms with Crippen LogP contribution in [0.3, 0.4) is 0 Å². The number of ether oxygens (including phenoxy) is 2. The Hall–Kier alpha value is -1.82. The second-order valence-electron chi connectivity index (χ2n) is 6.07. The summed E-state index contributed by atoms with van der Waals surface area (Å²) in [6, 6.07) is 3.05. The van der Waals surface area contributed by atoms with Gasteiger partial charge in [0.25, 0.3) is 0 Å². The number of amides is 2. The molecule has 3 rings (SSSR count). The van der Waals surface area contributed by atoms with Crippen LogP contribution in [0.2, 0.25) is 0 Å². The molecule has 1 fully saturated rings. The summed E-state index contributed by atoms with van der Waals surface area (Å²) >= 11 is 0. The van der Waals surface area contributed by atoms with E-state index >= 15 is 0 Å². The molecule has 1 atom stereocenters. The molecule has 0 saturated carbocycles. The smallest absolute Gasteiger partial charge is 0.317 e. The van der Waals surface area contributed by atoms with Gasteiger partial charge in [0.1, 0.15) is 11.6 Å². The Morgan fingerprint density at radius 1 is 1.43 bits per heavy atom. The zero-order chi connectivity index (χ0) is 16.2. The molecule has 1 aromatic carbocycles. The molecular weight excluding hydrogens is 299 g/mol. The summed E-state index contributed by atoms with van der Waals surface area (Å²) < 4.78 is 24.4. The largest absolute Gasteiger partial charge is 0.467 e. The van der Waals surface area contributed by atoms with Crippen molar-refractivity contribution in [1.82, 2.24) is 10.2 Å². The van der Waals surface area contributed by atoms with E-state index in [0.29, 0.717) is 29.5 Å². The van der Waals surface area contributed by atoms with Crippen molar-refractivity contribution >= 4 is 6.03 Å². The summed E-state index contributed by atoms with van der Waals surface area (Å²) in [5.41, 5.74) is 1.34. The van der Waals surface area contributed by atoms with E-state index in [1.165, 1.54) is 18.6 Å². The Labute approximate surface area is 135 Å². The Balaban J connectivity index is 1.68. The van der Waals surface area contributed by atoms with Gasteiger partial charge in [0.15, 0.2) is 6.79 Å². The van der Waals surface area contributed by atoms with E-state index in [-0.39, 0.29) is 25.2 Å². The normalized spacial score (nSPS) is 20.6. The van der Waals surface area contributed by atoms with Gasteiger partial charge in [-0.2, -0.15) is 0 Å². The highest BCUT2D eigenvalue weighted by Gasteiger charge is 2.25. The second kappa shape index (κ2) is 7.17. The maximum Gasteiger partial charge on any atom is 0.317 e. The van der Waals surface area contributed by atoms with Crippen molar-refractivity contribution in [3.63, 3.8) is 0 Å². The van der Waals surface area contributed by atoms with E-state index in [9.17, 15) is 9.18 Å². The Kier molecular flexibility index (Phi) is 5.00. The lowest BCUT2D eigenvalue weighted by Crippen LogP contribution is -2.48. The highest BCUT2D eigenvalue weighted by molar-refractivity contribution is 5.74. The number of carbonyl (C=O) groups is 1. The fraction of sp³-hybridized carbons (Fsp3) is 0.588. The number of piperidine rings is 1. The lowest BCUT2D eigenvalue weighted by molar-refractivity contribution is -0.0173. The van der Waals surface area contributed by atoms with Crippen molar-refractivity contribution < 1.29 is 18.7 Å². The molecule has 0 unspecified atom stereocenters. The summed E-state index contributed by atoms with van der Waals surface area (Å²) in [5, 5.41) is 2.91. The Morgan fingerprint density at radius 3 is 3.13 bits per heavy atom. The van der Waals surface area contributed by atoms with Crippen molar-refractivity contribution in [2.24, 2.45) is 0 Å². The van der Waals surface area contributed by atoms with Gasteiger partial charge in [-0.15, -0.1) is 0 Å². The minimum atomic E-state index is -0.341. The Morgan fingerprint density at radius 2 is 2.30 bits per heavy atom. The average molecular weight is 322 g/mol. The van der Waals surface area contributed by atoms with Crippen LogP contribution in [-0.4, -0.2) is 30.3 Å². The van der Waals surface area contributed by atoms with E-state index in [2.05, 4.69) is 12.2 Å². The van der Waals surface area contributed by atoms with Gasteiger partial charge in [-0.25, -0.2) is 9.18 Å². The van der Waals surface area contributed by atoms with Crippen molar-refractivity contribution in [2.45, 2.75) is 51.8 Å². The third kappa shape index (κ3) is 3.58. The molecule has 5 nitrogen and oxygen atoms in total. The number of fused-ring (bicyclic) bond motifs is 1. The molecule has 1 aromatic rings. The number of nitrogens with zero attached hydrogens (tertiary/aromatic N) is 1. The summed E-state index contributed by atoms with van der Waals surface area (Å²) in [6.45, 7) is 3.64. The average Bonchev–Trinajstić information content (AvgIpc) is 2.59. The number of likely N-dealkylation sites (tertiary alicyclic amines) is 1. The first-order chi connectivity index (χ1) is 11.2. The number of urea groups is 1. The van der Waals surface area contributed by atoms with Gasteiger partial charge in [-0.3, -0.25) is 0 Å². The van der Waals surface area contributed by atoms with Crippen LogP contribution in [0.5, 0.6) is 5.75 Å². The minimum Gasteiger partial charge on any atom is -0.467 e. The Bertz CT molecular complexity index is 579. The fourth-order valence-electron chi connectivity index (χ4n) is 3.35. The van der Waals surface area contributed by atoms with Crippen LogP contribution in [0.25, 0.3) is 0 Å². The van der Waals surface area contributed by atoms with Crippen LogP contribution >= 0.6 is 0 Å². The van der Waals surface area contributed by atoms with Gasteiger partial charge in [-0.05, 0) is 37.8 Å². The molecule has 2 heterocycles. The number of halogens is 1. The maximum absolute atomic E-state index is 13.7. The first kappa shape index (κ1) is 16.1. The van der Waals surface area contributed by atoms with Gasteiger partial charge < -0.3 is 19.7 Å². The summed E-state index contributed by atoms with van der Waals surface area (Å²) in [6.07, 6.45) is 4.23. The van der Waals surface area contributed by atoms with Gasteiger partial charge in [0.05, 0.1) is 6.61 Å². The molecule has 126 valence electrons. The van der Waals surface area contributed by atoms with E-state index in [0.717, 1.165) is 25.8 Å². The summed E-state index contributed by atoms with van der Waals surface area (Å²) in [4.78, 5) is 14.4. The quantitative estimate of drug-likeness (QED) is 0.930. The highest BCUT2D eigenvalue weighted by atomic mass is 19.1. The molecule has 1 N–H and O–H groups in total. The van der Waals surface area contributed by atoms with Crippen LogP contribution in [-0.2, 0) is 17.9 Å². The monoisotopic (exact) mass is 322 g/mol.